The van der Waals surface area contributed by atoms with Gasteiger partial charge in [0.15, 0.2) is 0 Å². The molecule has 164 valence electrons. The molecule has 3 heterocycles. The molecular weight excluding hydrogens is 424 g/mol. The fourth-order valence-electron chi connectivity index (χ4n) is 7.21. The molecule has 1 aromatic heterocycles. The molecule has 0 radical (unpaired) electrons. The fraction of sp³-hybridized carbons (Fsp3) is 0.121. The van der Waals surface area contributed by atoms with E-state index in [0.29, 0.717) is 0 Å². The first-order valence-corrected chi connectivity index (χ1v) is 12.6. The van der Waals surface area contributed by atoms with Gasteiger partial charge in [-0.15, -0.1) is 0 Å². The molecule has 0 amide bonds. The average Bonchev–Trinajstić information content (AvgIpc) is 3.47. The molecule has 4 aromatic carbocycles. The second kappa shape index (κ2) is 6.28. The lowest BCUT2D eigenvalue weighted by molar-refractivity contribution is 0.989. The molecule has 2 nitrogen and oxygen atoms in total. The molecule has 0 unspecified atom stereocenters. The van der Waals surface area contributed by atoms with E-state index in [1.165, 1.54) is 83.8 Å². The maximum atomic E-state index is 4.52. The summed E-state index contributed by atoms with van der Waals surface area (Å²) in [5.41, 5.74) is 21.4. The monoisotopic (exact) mass is 446 g/mol. The van der Waals surface area contributed by atoms with Crippen LogP contribution in [0.2, 0.25) is 0 Å². The Labute approximate surface area is 204 Å². The van der Waals surface area contributed by atoms with Crippen LogP contribution in [0.4, 0.5) is 17.1 Å². The van der Waals surface area contributed by atoms with Gasteiger partial charge < -0.3 is 4.90 Å². The zero-order chi connectivity index (χ0) is 22.7. The number of para-hydroxylation sites is 1. The summed E-state index contributed by atoms with van der Waals surface area (Å²) in [4.78, 5) is 7.02. The molecule has 0 saturated carbocycles. The van der Waals surface area contributed by atoms with E-state index in [2.05, 4.69) is 88.9 Å². The maximum absolute atomic E-state index is 4.52. The number of rotatable bonds is 0. The topological polar surface area (TPSA) is 16.1 Å². The summed E-state index contributed by atoms with van der Waals surface area (Å²) in [5.74, 6) is 0. The van der Waals surface area contributed by atoms with Crippen LogP contribution in [0.5, 0.6) is 0 Å². The first kappa shape index (κ1) is 18.2. The van der Waals surface area contributed by atoms with Gasteiger partial charge in [0, 0.05) is 19.0 Å². The zero-order valence-corrected chi connectivity index (χ0v) is 19.3. The summed E-state index contributed by atoms with van der Waals surface area (Å²) in [5, 5.41) is 0. The fourth-order valence-corrected chi connectivity index (χ4v) is 7.21. The van der Waals surface area contributed by atoms with Crippen molar-refractivity contribution < 1.29 is 0 Å². The molecule has 0 bridgehead atoms. The van der Waals surface area contributed by atoms with Crippen LogP contribution in [0.1, 0.15) is 44.5 Å². The summed E-state index contributed by atoms with van der Waals surface area (Å²) in [7, 11) is 0. The van der Waals surface area contributed by atoms with Crippen molar-refractivity contribution in [3.05, 3.63) is 130 Å². The molecule has 4 aliphatic rings. The van der Waals surface area contributed by atoms with Crippen LogP contribution in [-0.4, -0.2) is 4.98 Å². The smallest absolute Gasteiger partial charge is 0.0680 e. The molecule has 0 atom stereocenters. The van der Waals surface area contributed by atoms with Crippen molar-refractivity contribution in [1.82, 2.24) is 4.98 Å². The molecule has 0 fully saturated rings. The van der Waals surface area contributed by atoms with E-state index in [-0.39, 0.29) is 0 Å². The van der Waals surface area contributed by atoms with Crippen LogP contribution >= 0.6 is 0 Å². The second-order valence-electron chi connectivity index (χ2n) is 10.3. The van der Waals surface area contributed by atoms with Crippen LogP contribution in [-0.2, 0) is 25.7 Å². The number of hydrogen-bond acceptors (Lipinski definition) is 2. The minimum absolute atomic E-state index is 0.981. The molecule has 2 aliphatic heterocycles. The minimum atomic E-state index is 0.981. The Morgan fingerprint density at radius 2 is 1.31 bits per heavy atom. The van der Waals surface area contributed by atoms with Crippen LogP contribution in [0, 0.1) is 0 Å². The molecule has 9 rings (SSSR count). The second-order valence-corrected chi connectivity index (χ2v) is 10.3. The van der Waals surface area contributed by atoms with Crippen LogP contribution in [0.3, 0.4) is 0 Å². The van der Waals surface area contributed by atoms with E-state index < -0.39 is 0 Å². The number of pyridine rings is 1. The van der Waals surface area contributed by atoms with Crippen LogP contribution < -0.4 is 4.90 Å². The van der Waals surface area contributed by atoms with E-state index in [1.807, 2.05) is 6.20 Å². The lowest BCUT2D eigenvalue weighted by Gasteiger charge is -2.39. The lowest BCUT2D eigenvalue weighted by Crippen LogP contribution is -2.25. The number of benzene rings is 4. The number of hydrogen-bond donors (Lipinski definition) is 0. The van der Waals surface area contributed by atoms with E-state index >= 15 is 0 Å². The van der Waals surface area contributed by atoms with Gasteiger partial charge >= 0.3 is 0 Å². The number of fused-ring (bicyclic) bond motifs is 12. The van der Waals surface area contributed by atoms with E-state index in [1.54, 1.807) is 0 Å². The van der Waals surface area contributed by atoms with E-state index in [0.717, 1.165) is 25.7 Å². The van der Waals surface area contributed by atoms with Gasteiger partial charge in [-0.25, -0.2) is 0 Å². The van der Waals surface area contributed by atoms with Gasteiger partial charge in [0.1, 0.15) is 0 Å². The minimum Gasteiger partial charge on any atom is -0.308 e. The molecule has 5 aromatic rings. The molecule has 2 heteroatoms. The summed E-state index contributed by atoms with van der Waals surface area (Å²) in [6, 6.07) is 27.5. The third-order valence-corrected chi connectivity index (χ3v) is 8.66. The van der Waals surface area contributed by atoms with Crippen molar-refractivity contribution in [2.24, 2.45) is 0 Å². The standard InChI is InChI=1S/C33H22N2/c1-2-7-24-19(4-1)14-21-8-9-26-25-10-11-30-28(27(25)17-29(26)32(21)24)16-23-6-3-5-22-15-20-12-13-34-18-31(20)35(30)33(22)23/h1-13,18H,14-17H2. The van der Waals surface area contributed by atoms with Crippen molar-refractivity contribution in [3.8, 4) is 22.3 Å². The molecule has 2 aliphatic carbocycles. The highest BCUT2D eigenvalue weighted by atomic mass is 15.2. The Hall–Kier alpha value is -4.17. The first-order valence-electron chi connectivity index (χ1n) is 12.6. The summed E-state index contributed by atoms with van der Waals surface area (Å²) < 4.78 is 0. The quantitative estimate of drug-likeness (QED) is 0.240. The van der Waals surface area contributed by atoms with Gasteiger partial charge in [-0.2, -0.15) is 0 Å². The molecule has 0 spiro atoms. The SMILES string of the molecule is c1ccc2c(c1)Cc1ccc3c(c1-2)Cc1c-3ccc2c1Cc1cccc3c1N2c1cnccc1C3. The van der Waals surface area contributed by atoms with Crippen molar-refractivity contribution in [2.75, 3.05) is 4.90 Å². The highest BCUT2D eigenvalue weighted by Gasteiger charge is 2.36. The van der Waals surface area contributed by atoms with Gasteiger partial charge in [0.2, 0.25) is 0 Å². The van der Waals surface area contributed by atoms with E-state index in [9.17, 15) is 0 Å². The Morgan fingerprint density at radius 3 is 2.29 bits per heavy atom. The highest BCUT2D eigenvalue weighted by molar-refractivity contribution is 5.95. The molecule has 35 heavy (non-hydrogen) atoms. The van der Waals surface area contributed by atoms with Gasteiger partial charge in [-0.1, -0.05) is 60.7 Å². The van der Waals surface area contributed by atoms with E-state index in [4.69, 9.17) is 0 Å². The Morgan fingerprint density at radius 1 is 0.514 bits per heavy atom. The summed E-state index contributed by atoms with van der Waals surface area (Å²) in [6.07, 6.45) is 8.04. The van der Waals surface area contributed by atoms with Gasteiger partial charge in [-0.3, -0.25) is 4.98 Å². The molecule has 0 saturated heterocycles. The van der Waals surface area contributed by atoms with Crippen molar-refractivity contribution in [1.29, 1.82) is 0 Å². The number of aromatic nitrogens is 1. The average molecular weight is 447 g/mol. The number of nitrogens with zero attached hydrogens (tertiary/aromatic N) is 2. The lowest BCUT2D eigenvalue weighted by atomic mass is 9.84. The first-order chi connectivity index (χ1) is 17.3. The predicted octanol–water partition coefficient (Wildman–Crippen LogP) is 7.50. The summed E-state index contributed by atoms with van der Waals surface area (Å²) >= 11 is 0. The van der Waals surface area contributed by atoms with Crippen molar-refractivity contribution in [3.63, 3.8) is 0 Å². The van der Waals surface area contributed by atoms with Gasteiger partial charge in [-0.05, 0) is 91.7 Å². The maximum Gasteiger partial charge on any atom is 0.0680 e. The van der Waals surface area contributed by atoms with Crippen molar-refractivity contribution in [2.45, 2.75) is 25.7 Å². The predicted molar refractivity (Wildman–Crippen MR) is 141 cm³/mol. The number of anilines is 3. The third kappa shape index (κ3) is 2.23. The Bertz CT molecular complexity index is 1760. The summed E-state index contributed by atoms with van der Waals surface area (Å²) in [6.45, 7) is 0. The van der Waals surface area contributed by atoms with Crippen LogP contribution in [0.25, 0.3) is 22.3 Å². The zero-order valence-electron chi connectivity index (χ0n) is 19.3. The molecule has 0 N–H and O–H groups in total. The third-order valence-electron chi connectivity index (χ3n) is 8.66. The van der Waals surface area contributed by atoms with Crippen LogP contribution in [0.15, 0.2) is 85.2 Å². The Kier molecular flexibility index (Phi) is 3.27. The van der Waals surface area contributed by atoms with Crippen molar-refractivity contribution >= 4 is 17.1 Å². The largest absolute Gasteiger partial charge is 0.308 e. The highest BCUT2D eigenvalue weighted by Crippen LogP contribution is 2.54. The normalized spacial score (nSPS) is 14.9. The molecular formula is C33H22N2. The van der Waals surface area contributed by atoms with Gasteiger partial charge in [0.05, 0.1) is 23.3 Å². The Balaban J connectivity index is 1.28. The van der Waals surface area contributed by atoms with Gasteiger partial charge in [0.25, 0.3) is 0 Å².